The predicted octanol–water partition coefficient (Wildman–Crippen LogP) is 0.793. The maximum Gasteiger partial charge on any atom is 0.253 e. The smallest absolute Gasteiger partial charge is 0.253 e. The van der Waals surface area contributed by atoms with Crippen molar-refractivity contribution in [3.8, 4) is 0 Å². The van der Waals surface area contributed by atoms with E-state index in [1.165, 1.54) is 0 Å². The van der Waals surface area contributed by atoms with E-state index in [2.05, 4.69) is 10.2 Å². The van der Waals surface area contributed by atoms with Crippen LogP contribution in [0.25, 0.3) is 0 Å². The second-order valence-electron chi connectivity index (χ2n) is 5.62. The zero-order chi connectivity index (χ0) is 16.4. The molecule has 0 radical (unpaired) electrons. The maximum absolute atomic E-state index is 12.3. The molecule has 23 heavy (non-hydrogen) atoms. The summed E-state index contributed by atoms with van der Waals surface area (Å²) < 4.78 is 0. The summed E-state index contributed by atoms with van der Waals surface area (Å²) in [5.41, 5.74) is 2.83. The average molecular weight is 333 g/mol. The Balaban J connectivity index is 1.62. The zero-order valence-electron chi connectivity index (χ0n) is 12.8. The molecule has 0 saturated carbocycles. The van der Waals surface area contributed by atoms with Crippen LogP contribution in [0.1, 0.15) is 12.5 Å². The van der Waals surface area contributed by atoms with Crippen molar-refractivity contribution < 1.29 is 14.4 Å². The number of amides is 2. The molecule has 0 aromatic heterocycles. The summed E-state index contributed by atoms with van der Waals surface area (Å²) in [6, 6.07) is 9.04. The number of allylic oxidation sites excluding steroid dienone is 1. The Morgan fingerprint density at radius 2 is 2.17 bits per heavy atom. The van der Waals surface area contributed by atoms with Gasteiger partial charge < -0.3 is 10.2 Å². The number of rotatable bonds is 5. The molecule has 1 saturated heterocycles. The first kappa shape index (κ1) is 16.0. The Labute approximate surface area is 139 Å². The van der Waals surface area contributed by atoms with Crippen molar-refractivity contribution in [2.75, 3.05) is 12.4 Å². The number of carbonyl (C=O) groups excluding carboxylic acids is 2. The predicted molar refractivity (Wildman–Crippen MR) is 88.0 cm³/mol. The second kappa shape index (κ2) is 6.74. The molecule has 122 valence electrons. The summed E-state index contributed by atoms with van der Waals surface area (Å²) in [4.78, 5) is 30.9. The van der Waals surface area contributed by atoms with E-state index < -0.39 is 6.04 Å². The number of β-lactam (4-membered cyclic amide) rings is 1. The topological polar surface area (TPSA) is 84.7 Å². The Kier molecular flexibility index (Phi) is 4.70. The van der Waals surface area contributed by atoms with Crippen molar-refractivity contribution in [1.82, 2.24) is 10.2 Å². The molecule has 2 heterocycles. The van der Waals surface area contributed by atoms with E-state index in [9.17, 15) is 9.59 Å². The van der Waals surface area contributed by atoms with E-state index in [0.29, 0.717) is 6.61 Å². The number of fused-ring (bicyclic) bond motifs is 1. The molecule has 2 unspecified atom stereocenters. The van der Waals surface area contributed by atoms with Crippen LogP contribution in [0.5, 0.6) is 0 Å². The zero-order valence-corrected chi connectivity index (χ0v) is 13.6. The van der Waals surface area contributed by atoms with Crippen LogP contribution in [-0.2, 0) is 20.8 Å². The maximum atomic E-state index is 12.3. The van der Waals surface area contributed by atoms with Gasteiger partial charge in [0.05, 0.1) is 13.0 Å². The number of hydrogen-bond acceptors (Lipinski definition) is 5. The molecule has 0 spiro atoms. The molecule has 6 nitrogen and oxygen atoms in total. The fraction of sp³-hybridized carbons (Fsp3) is 0.375. The minimum atomic E-state index is -0.452. The molecular weight excluding hydrogens is 314 g/mol. The number of nitrogens with two attached hydrogens (primary N) is 1. The van der Waals surface area contributed by atoms with Gasteiger partial charge in [-0.05, 0) is 18.1 Å². The first-order valence-corrected chi connectivity index (χ1v) is 8.45. The van der Waals surface area contributed by atoms with Gasteiger partial charge in [0.1, 0.15) is 11.4 Å². The van der Waals surface area contributed by atoms with Crippen molar-refractivity contribution in [3.63, 3.8) is 0 Å². The molecule has 0 aliphatic carbocycles. The molecule has 3 N–H and O–H groups in total. The van der Waals surface area contributed by atoms with Gasteiger partial charge in [0.25, 0.3) is 5.91 Å². The van der Waals surface area contributed by atoms with Crippen LogP contribution < -0.4 is 11.2 Å². The lowest BCUT2D eigenvalue weighted by atomic mass is 10.0. The van der Waals surface area contributed by atoms with E-state index in [1.54, 1.807) is 16.7 Å². The van der Waals surface area contributed by atoms with Crippen LogP contribution in [0.4, 0.5) is 0 Å². The number of benzene rings is 1. The standard InChI is InChI=1S/C16H19N3O3S/c1-10-12(8-22-17)9-23-16-14(15(21)19(10)16)18-13(20)7-11-5-3-2-4-6-11/h2-6,14,16H,7-9,17H2,1H3,(H,18,20). The van der Waals surface area contributed by atoms with Crippen molar-refractivity contribution in [1.29, 1.82) is 0 Å². The highest BCUT2D eigenvalue weighted by atomic mass is 32.2. The summed E-state index contributed by atoms with van der Waals surface area (Å²) >= 11 is 1.62. The quantitative estimate of drug-likeness (QED) is 0.615. The third-order valence-corrected chi connectivity index (χ3v) is 5.47. The van der Waals surface area contributed by atoms with Crippen molar-refractivity contribution >= 4 is 23.6 Å². The highest BCUT2D eigenvalue weighted by Crippen LogP contribution is 2.39. The van der Waals surface area contributed by atoms with Crippen LogP contribution >= 0.6 is 11.8 Å². The van der Waals surface area contributed by atoms with Gasteiger partial charge in [-0.1, -0.05) is 30.3 Å². The molecule has 2 aliphatic heterocycles. The van der Waals surface area contributed by atoms with Crippen LogP contribution in [-0.4, -0.2) is 40.5 Å². The van der Waals surface area contributed by atoms with Gasteiger partial charge in [0, 0.05) is 11.4 Å². The third-order valence-electron chi connectivity index (χ3n) is 4.13. The van der Waals surface area contributed by atoms with Crippen molar-refractivity contribution in [2.45, 2.75) is 24.8 Å². The van der Waals surface area contributed by atoms with Gasteiger partial charge >= 0.3 is 0 Å². The normalized spacial score (nSPS) is 23.4. The third kappa shape index (κ3) is 3.12. The summed E-state index contributed by atoms with van der Waals surface area (Å²) in [5, 5.41) is 2.81. The molecule has 1 aromatic rings. The summed E-state index contributed by atoms with van der Waals surface area (Å²) in [7, 11) is 0. The first-order valence-electron chi connectivity index (χ1n) is 7.40. The molecule has 7 heteroatoms. The van der Waals surface area contributed by atoms with Gasteiger partial charge in [-0.25, -0.2) is 5.90 Å². The summed E-state index contributed by atoms with van der Waals surface area (Å²) in [6.45, 7) is 2.21. The minimum Gasteiger partial charge on any atom is -0.341 e. The van der Waals surface area contributed by atoms with Gasteiger partial charge in [0.2, 0.25) is 5.91 Å². The lowest BCUT2D eigenvalue weighted by Gasteiger charge is -2.50. The second-order valence-corrected chi connectivity index (χ2v) is 6.72. The Hall–Kier alpha value is -1.83. The van der Waals surface area contributed by atoms with Crippen LogP contribution in [0.3, 0.4) is 0 Å². The van der Waals surface area contributed by atoms with Crippen LogP contribution in [0.15, 0.2) is 41.6 Å². The van der Waals surface area contributed by atoms with E-state index in [4.69, 9.17) is 5.90 Å². The van der Waals surface area contributed by atoms with Gasteiger partial charge in [-0.2, -0.15) is 0 Å². The van der Waals surface area contributed by atoms with Gasteiger partial charge in [0.15, 0.2) is 0 Å². The summed E-state index contributed by atoms with van der Waals surface area (Å²) in [5.74, 6) is 5.66. The van der Waals surface area contributed by atoms with Crippen molar-refractivity contribution in [2.24, 2.45) is 5.90 Å². The molecule has 2 amide bonds. The highest BCUT2D eigenvalue weighted by Gasteiger charge is 2.51. The number of thioether (sulfide) groups is 1. The molecule has 2 atom stereocenters. The van der Waals surface area contributed by atoms with E-state index in [1.807, 2.05) is 37.3 Å². The summed E-state index contributed by atoms with van der Waals surface area (Å²) in [6.07, 6.45) is 0.281. The monoisotopic (exact) mass is 333 g/mol. The Bertz CT molecular complexity index is 647. The Morgan fingerprint density at radius 3 is 2.87 bits per heavy atom. The largest absolute Gasteiger partial charge is 0.341 e. The molecule has 0 bridgehead atoms. The van der Waals surface area contributed by atoms with E-state index >= 15 is 0 Å². The van der Waals surface area contributed by atoms with Crippen LogP contribution in [0.2, 0.25) is 0 Å². The van der Waals surface area contributed by atoms with Gasteiger partial charge in [-0.3, -0.25) is 14.5 Å². The number of carbonyl (C=O) groups is 2. The lowest BCUT2D eigenvalue weighted by Crippen LogP contribution is -2.69. The fourth-order valence-corrected chi connectivity index (χ4v) is 4.29. The first-order chi connectivity index (χ1) is 11.1. The molecule has 3 rings (SSSR count). The minimum absolute atomic E-state index is 0.0382. The number of nitrogens with zero attached hydrogens (tertiary/aromatic N) is 1. The number of nitrogens with one attached hydrogen (secondary N) is 1. The number of hydrogen-bond donors (Lipinski definition) is 2. The highest BCUT2D eigenvalue weighted by molar-refractivity contribution is 8.00. The van der Waals surface area contributed by atoms with Gasteiger partial charge in [-0.15, -0.1) is 11.8 Å². The molecule has 1 aromatic carbocycles. The average Bonchev–Trinajstić information content (AvgIpc) is 2.55. The SMILES string of the molecule is CC1=C(CON)CSC2C(NC(=O)Cc3ccccc3)C(=O)N12. The van der Waals surface area contributed by atoms with E-state index in [0.717, 1.165) is 22.6 Å². The van der Waals surface area contributed by atoms with Crippen LogP contribution in [0, 0.1) is 0 Å². The molecule has 1 fully saturated rings. The fourth-order valence-electron chi connectivity index (χ4n) is 2.84. The molecule has 2 aliphatic rings. The molecular formula is C16H19N3O3S. The van der Waals surface area contributed by atoms with E-state index in [-0.39, 0.29) is 23.6 Å². The van der Waals surface area contributed by atoms with Crippen molar-refractivity contribution in [3.05, 3.63) is 47.2 Å². The Morgan fingerprint density at radius 1 is 1.43 bits per heavy atom. The lowest BCUT2D eigenvalue weighted by molar-refractivity contribution is -0.145.